The van der Waals surface area contributed by atoms with Crippen LogP contribution in [0.15, 0.2) is 0 Å². The first kappa shape index (κ1) is 11.3. The van der Waals surface area contributed by atoms with Gasteiger partial charge in [0.1, 0.15) is 5.01 Å². The minimum Gasteiger partial charge on any atom is -0.371 e. The highest BCUT2D eigenvalue weighted by molar-refractivity contribution is 9.09. The van der Waals surface area contributed by atoms with Gasteiger partial charge in [-0.3, -0.25) is 0 Å². The highest BCUT2D eigenvalue weighted by Gasteiger charge is 2.26. The average Bonchev–Trinajstić information content (AvgIpc) is 2.64. The van der Waals surface area contributed by atoms with Gasteiger partial charge in [0.25, 0.3) is 0 Å². The summed E-state index contributed by atoms with van der Waals surface area (Å²) in [4.78, 5) is 2.25. The van der Waals surface area contributed by atoms with E-state index in [0.717, 1.165) is 28.6 Å². The van der Waals surface area contributed by atoms with Crippen molar-refractivity contribution in [3.63, 3.8) is 0 Å². The van der Waals surface area contributed by atoms with Crippen molar-refractivity contribution < 1.29 is 4.74 Å². The molecule has 84 valence electrons. The third-order valence-corrected chi connectivity index (χ3v) is 3.91. The number of alkyl halides is 1. The first-order valence-corrected chi connectivity index (χ1v) is 6.89. The first-order chi connectivity index (χ1) is 7.19. The molecular weight excluding hydrogens is 278 g/mol. The maximum Gasteiger partial charge on any atom is 0.208 e. The van der Waals surface area contributed by atoms with Crippen LogP contribution in [-0.4, -0.2) is 40.8 Å². The van der Waals surface area contributed by atoms with Crippen LogP contribution in [0.4, 0.5) is 5.13 Å². The van der Waals surface area contributed by atoms with Gasteiger partial charge in [-0.1, -0.05) is 27.3 Å². The van der Waals surface area contributed by atoms with Gasteiger partial charge < -0.3 is 9.64 Å². The summed E-state index contributed by atoms with van der Waals surface area (Å²) in [6.45, 7) is 5.87. The Labute approximate surface area is 102 Å². The van der Waals surface area contributed by atoms with Crippen LogP contribution in [0.1, 0.15) is 11.9 Å². The lowest BCUT2D eigenvalue weighted by Gasteiger charge is -2.35. The van der Waals surface area contributed by atoms with E-state index in [4.69, 9.17) is 4.74 Å². The number of hydrogen-bond acceptors (Lipinski definition) is 5. The molecule has 2 rings (SSSR count). The molecule has 0 N–H and O–H groups in total. The highest BCUT2D eigenvalue weighted by Crippen LogP contribution is 2.24. The molecule has 1 saturated heterocycles. The van der Waals surface area contributed by atoms with Crippen LogP contribution in [0.2, 0.25) is 0 Å². The molecule has 0 amide bonds. The Morgan fingerprint density at radius 3 is 2.93 bits per heavy atom. The maximum atomic E-state index is 5.76. The van der Waals surface area contributed by atoms with E-state index in [1.54, 1.807) is 11.3 Å². The normalized spacial score (nSPS) is 27.0. The largest absolute Gasteiger partial charge is 0.371 e. The molecule has 2 heterocycles. The smallest absolute Gasteiger partial charge is 0.208 e. The number of hydrogen-bond donors (Lipinski definition) is 0. The lowest BCUT2D eigenvalue weighted by Crippen LogP contribution is -2.47. The van der Waals surface area contributed by atoms with Crippen molar-refractivity contribution >= 4 is 32.4 Å². The lowest BCUT2D eigenvalue weighted by atomic mass is 10.2. The number of nitrogens with zero attached hydrogens (tertiary/aromatic N) is 3. The standard InChI is InChI=1S/C9H14BrN3OS/c1-6-4-13(5-8(3-10)14-6)9-12-11-7(2)15-9/h6,8H,3-5H2,1-2H3. The number of aryl methyl sites for hydroxylation is 1. The van der Waals surface area contributed by atoms with E-state index in [2.05, 4.69) is 38.0 Å². The van der Waals surface area contributed by atoms with E-state index in [-0.39, 0.29) is 12.2 Å². The molecule has 4 nitrogen and oxygen atoms in total. The molecule has 2 atom stereocenters. The molecule has 1 aromatic rings. The lowest BCUT2D eigenvalue weighted by molar-refractivity contribution is -0.00203. The number of ether oxygens (including phenoxy) is 1. The Balaban J connectivity index is 2.08. The second-order valence-corrected chi connectivity index (χ2v) is 5.54. The van der Waals surface area contributed by atoms with Crippen LogP contribution in [0.5, 0.6) is 0 Å². The Morgan fingerprint density at radius 2 is 2.33 bits per heavy atom. The molecule has 1 aliphatic rings. The zero-order valence-corrected chi connectivity index (χ0v) is 11.2. The van der Waals surface area contributed by atoms with Crippen molar-refractivity contribution in [2.75, 3.05) is 23.3 Å². The number of halogens is 1. The topological polar surface area (TPSA) is 38.2 Å². The van der Waals surface area contributed by atoms with Crippen molar-refractivity contribution in [3.8, 4) is 0 Å². The molecule has 6 heteroatoms. The summed E-state index contributed by atoms with van der Waals surface area (Å²) in [6, 6.07) is 0. The van der Waals surface area contributed by atoms with Gasteiger partial charge in [0.15, 0.2) is 0 Å². The molecule has 15 heavy (non-hydrogen) atoms. The van der Waals surface area contributed by atoms with Crippen molar-refractivity contribution in [3.05, 3.63) is 5.01 Å². The molecule has 1 aromatic heterocycles. The Morgan fingerprint density at radius 1 is 1.53 bits per heavy atom. The quantitative estimate of drug-likeness (QED) is 0.780. The summed E-state index contributed by atoms with van der Waals surface area (Å²) < 4.78 is 5.76. The molecule has 0 bridgehead atoms. The van der Waals surface area contributed by atoms with E-state index in [1.165, 1.54) is 0 Å². The molecule has 0 saturated carbocycles. The van der Waals surface area contributed by atoms with E-state index < -0.39 is 0 Å². The molecule has 0 aliphatic carbocycles. The summed E-state index contributed by atoms with van der Waals surface area (Å²) in [5, 5.41) is 11.1. The Bertz CT molecular complexity index is 333. The first-order valence-electron chi connectivity index (χ1n) is 4.95. The predicted molar refractivity (Wildman–Crippen MR) is 65.0 cm³/mol. The van der Waals surface area contributed by atoms with Gasteiger partial charge in [0.2, 0.25) is 5.13 Å². The minimum atomic E-state index is 0.248. The summed E-state index contributed by atoms with van der Waals surface area (Å²) >= 11 is 5.10. The summed E-state index contributed by atoms with van der Waals surface area (Å²) in [6.07, 6.45) is 0.503. The van der Waals surface area contributed by atoms with Crippen LogP contribution in [-0.2, 0) is 4.74 Å². The van der Waals surface area contributed by atoms with E-state index in [1.807, 2.05) is 6.92 Å². The van der Waals surface area contributed by atoms with Gasteiger partial charge in [-0.2, -0.15) is 0 Å². The van der Waals surface area contributed by atoms with Crippen LogP contribution in [0.25, 0.3) is 0 Å². The van der Waals surface area contributed by atoms with Crippen molar-refractivity contribution in [2.45, 2.75) is 26.1 Å². The zero-order chi connectivity index (χ0) is 10.8. The van der Waals surface area contributed by atoms with Crippen LogP contribution in [0, 0.1) is 6.92 Å². The van der Waals surface area contributed by atoms with Crippen molar-refractivity contribution in [1.82, 2.24) is 10.2 Å². The van der Waals surface area contributed by atoms with Crippen LogP contribution < -0.4 is 4.90 Å². The number of rotatable bonds is 2. The second kappa shape index (κ2) is 4.76. The van der Waals surface area contributed by atoms with E-state index in [0.29, 0.717) is 0 Å². The SMILES string of the molecule is Cc1nnc(N2CC(C)OC(CBr)C2)s1. The minimum absolute atomic E-state index is 0.248. The maximum absolute atomic E-state index is 5.76. The number of aromatic nitrogens is 2. The third kappa shape index (κ3) is 2.68. The van der Waals surface area contributed by atoms with E-state index >= 15 is 0 Å². The molecule has 1 aliphatic heterocycles. The fourth-order valence-electron chi connectivity index (χ4n) is 1.70. The van der Waals surface area contributed by atoms with Gasteiger partial charge >= 0.3 is 0 Å². The van der Waals surface area contributed by atoms with Crippen LogP contribution >= 0.6 is 27.3 Å². The fourth-order valence-corrected chi connectivity index (χ4v) is 2.76. The summed E-state index contributed by atoms with van der Waals surface area (Å²) in [5.74, 6) is 0. The van der Waals surface area contributed by atoms with Gasteiger partial charge in [0, 0.05) is 18.4 Å². The predicted octanol–water partition coefficient (Wildman–Crippen LogP) is 1.84. The number of anilines is 1. The number of morpholine rings is 1. The molecule has 1 fully saturated rings. The fraction of sp³-hybridized carbons (Fsp3) is 0.778. The van der Waals surface area contributed by atoms with Crippen molar-refractivity contribution in [2.24, 2.45) is 0 Å². The Kier molecular flexibility index (Phi) is 3.58. The van der Waals surface area contributed by atoms with E-state index in [9.17, 15) is 0 Å². The van der Waals surface area contributed by atoms with Crippen molar-refractivity contribution in [1.29, 1.82) is 0 Å². The highest BCUT2D eigenvalue weighted by atomic mass is 79.9. The average molecular weight is 292 g/mol. The molecule has 0 spiro atoms. The van der Waals surface area contributed by atoms with Gasteiger partial charge in [0.05, 0.1) is 12.2 Å². The third-order valence-electron chi connectivity index (χ3n) is 2.28. The summed E-state index contributed by atoms with van der Waals surface area (Å²) in [7, 11) is 0. The van der Waals surface area contributed by atoms with Gasteiger partial charge in [-0.05, 0) is 13.8 Å². The zero-order valence-electron chi connectivity index (χ0n) is 8.81. The monoisotopic (exact) mass is 291 g/mol. The van der Waals surface area contributed by atoms with Crippen LogP contribution in [0.3, 0.4) is 0 Å². The molecule has 2 unspecified atom stereocenters. The molecule has 0 aromatic carbocycles. The molecular formula is C9H14BrN3OS. The summed E-state index contributed by atoms with van der Waals surface area (Å²) in [5.41, 5.74) is 0. The Hall–Kier alpha value is -0.200. The second-order valence-electron chi connectivity index (χ2n) is 3.73. The molecule has 0 radical (unpaired) electrons. The van der Waals surface area contributed by atoms with Gasteiger partial charge in [-0.15, -0.1) is 10.2 Å². The van der Waals surface area contributed by atoms with Gasteiger partial charge in [-0.25, -0.2) is 0 Å².